The Morgan fingerprint density at radius 1 is 1.11 bits per heavy atom. The molecule has 0 amide bonds. The third-order valence-electron chi connectivity index (χ3n) is 3.63. The Labute approximate surface area is 113 Å². The Bertz CT molecular complexity index is 201. The second-order valence-electron chi connectivity index (χ2n) is 5.74. The molecule has 1 aliphatic carbocycles. The summed E-state index contributed by atoms with van der Waals surface area (Å²) in [4.78, 5) is 0. The molecule has 0 unspecified atom stereocenters. The maximum Gasteiger partial charge on any atom is 0.0807 e. The monoisotopic (exact) mass is 257 g/mol. The van der Waals surface area contributed by atoms with Gasteiger partial charge in [-0.25, -0.2) is 0 Å². The Kier molecular flexibility index (Phi) is 7.87. The van der Waals surface area contributed by atoms with Crippen LogP contribution in [0.2, 0.25) is 0 Å². The van der Waals surface area contributed by atoms with E-state index in [0.29, 0.717) is 6.04 Å². The fourth-order valence-corrected chi connectivity index (χ4v) is 2.45. The third-order valence-corrected chi connectivity index (χ3v) is 3.63. The first kappa shape index (κ1) is 15.9. The molecule has 1 aliphatic rings. The van der Waals surface area contributed by atoms with Crippen LogP contribution >= 0.6 is 0 Å². The fraction of sp³-hybridized carbons (Fsp3) is 1.00. The molecule has 0 aromatic carbocycles. The average molecular weight is 257 g/mol. The van der Waals surface area contributed by atoms with Crippen molar-refractivity contribution in [2.75, 3.05) is 26.4 Å². The van der Waals surface area contributed by atoms with E-state index in [-0.39, 0.29) is 5.60 Å². The molecule has 0 bridgehead atoms. The average Bonchev–Trinajstić information content (AvgIpc) is 2.81. The number of rotatable bonds is 10. The zero-order valence-electron chi connectivity index (χ0n) is 12.5. The standard InChI is InChI=1S/C15H31NO2/c1-4-5-10-17-11-12-18-15(8-6-7-9-15)13-16-14(2)3/h14,16H,4-13H2,1-3H3. The van der Waals surface area contributed by atoms with Gasteiger partial charge in [0.25, 0.3) is 0 Å². The number of unbranched alkanes of at least 4 members (excludes halogenated alkanes) is 1. The van der Waals surface area contributed by atoms with Gasteiger partial charge in [-0.05, 0) is 19.3 Å². The van der Waals surface area contributed by atoms with Crippen LogP contribution in [0, 0.1) is 0 Å². The van der Waals surface area contributed by atoms with E-state index < -0.39 is 0 Å². The lowest BCUT2D eigenvalue weighted by molar-refractivity contribution is -0.0635. The number of nitrogens with one attached hydrogen (secondary N) is 1. The lowest BCUT2D eigenvalue weighted by Crippen LogP contribution is -2.43. The van der Waals surface area contributed by atoms with Gasteiger partial charge in [0.1, 0.15) is 0 Å². The van der Waals surface area contributed by atoms with Crippen LogP contribution in [0.5, 0.6) is 0 Å². The van der Waals surface area contributed by atoms with Crippen LogP contribution in [0.1, 0.15) is 59.3 Å². The van der Waals surface area contributed by atoms with Crippen molar-refractivity contribution in [2.45, 2.75) is 70.9 Å². The number of ether oxygens (including phenoxy) is 2. The molecule has 3 nitrogen and oxygen atoms in total. The van der Waals surface area contributed by atoms with E-state index in [9.17, 15) is 0 Å². The topological polar surface area (TPSA) is 30.5 Å². The summed E-state index contributed by atoms with van der Waals surface area (Å²) >= 11 is 0. The van der Waals surface area contributed by atoms with Crippen LogP contribution in [0.4, 0.5) is 0 Å². The lowest BCUT2D eigenvalue weighted by atomic mass is 10.0. The molecule has 0 aromatic heterocycles. The Morgan fingerprint density at radius 3 is 2.44 bits per heavy atom. The first-order chi connectivity index (χ1) is 8.68. The molecule has 3 heteroatoms. The Morgan fingerprint density at radius 2 is 1.83 bits per heavy atom. The van der Waals surface area contributed by atoms with Crippen LogP contribution in [-0.4, -0.2) is 38.0 Å². The highest BCUT2D eigenvalue weighted by Gasteiger charge is 2.34. The SMILES string of the molecule is CCCCOCCOC1(CNC(C)C)CCCC1. The van der Waals surface area contributed by atoms with Crippen molar-refractivity contribution in [2.24, 2.45) is 0 Å². The van der Waals surface area contributed by atoms with Crippen molar-refractivity contribution in [3.63, 3.8) is 0 Å². The minimum absolute atomic E-state index is 0.0817. The van der Waals surface area contributed by atoms with Crippen LogP contribution in [0.25, 0.3) is 0 Å². The largest absolute Gasteiger partial charge is 0.379 e. The summed E-state index contributed by atoms with van der Waals surface area (Å²) < 4.78 is 11.7. The highest BCUT2D eigenvalue weighted by Crippen LogP contribution is 2.32. The molecule has 0 aliphatic heterocycles. The minimum Gasteiger partial charge on any atom is -0.379 e. The third kappa shape index (κ3) is 6.17. The normalized spacial score (nSPS) is 18.7. The maximum atomic E-state index is 6.13. The molecular formula is C15H31NO2. The molecule has 0 spiro atoms. The molecule has 0 radical (unpaired) electrons. The molecule has 0 saturated heterocycles. The van der Waals surface area contributed by atoms with Gasteiger partial charge >= 0.3 is 0 Å². The van der Waals surface area contributed by atoms with Gasteiger partial charge in [0, 0.05) is 19.2 Å². The van der Waals surface area contributed by atoms with Crippen LogP contribution in [0.15, 0.2) is 0 Å². The Balaban J connectivity index is 2.17. The molecule has 1 N–H and O–H groups in total. The fourth-order valence-electron chi connectivity index (χ4n) is 2.45. The van der Waals surface area contributed by atoms with Crippen molar-refractivity contribution in [1.29, 1.82) is 0 Å². The molecule has 1 saturated carbocycles. The molecule has 1 rings (SSSR count). The van der Waals surface area contributed by atoms with E-state index in [2.05, 4.69) is 26.1 Å². The van der Waals surface area contributed by atoms with Gasteiger partial charge in [-0.2, -0.15) is 0 Å². The van der Waals surface area contributed by atoms with Crippen LogP contribution < -0.4 is 5.32 Å². The highest BCUT2D eigenvalue weighted by atomic mass is 16.5. The van der Waals surface area contributed by atoms with Crippen LogP contribution in [0.3, 0.4) is 0 Å². The molecular weight excluding hydrogens is 226 g/mol. The summed E-state index contributed by atoms with van der Waals surface area (Å²) in [7, 11) is 0. The Hall–Kier alpha value is -0.120. The summed E-state index contributed by atoms with van der Waals surface area (Å²) in [5.74, 6) is 0. The zero-order valence-corrected chi connectivity index (χ0v) is 12.5. The van der Waals surface area contributed by atoms with Crippen molar-refractivity contribution in [1.82, 2.24) is 5.32 Å². The first-order valence-corrected chi connectivity index (χ1v) is 7.63. The molecule has 0 aromatic rings. The maximum absolute atomic E-state index is 6.13. The van der Waals surface area contributed by atoms with E-state index in [1.807, 2.05) is 0 Å². The van der Waals surface area contributed by atoms with Crippen molar-refractivity contribution >= 4 is 0 Å². The van der Waals surface area contributed by atoms with Gasteiger partial charge in [0.05, 0.1) is 18.8 Å². The van der Waals surface area contributed by atoms with E-state index in [1.165, 1.54) is 32.1 Å². The predicted molar refractivity (Wildman–Crippen MR) is 76.0 cm³/mol. The van der Waals surface area contributed by atoms with E-state index >= 15 is 0 Å². The molecule has 0 heterocycles. The lowest BCUT2D eigenvalue weighted by Gasteiger charge is -2.30. The summed E-state index contributed by atoms with van der Waals surface area (Å²) in [6.07, 6.45) is 7.35. The summed E-state index contributed by atoms with van der Waals surface area (Å²) in [5.41, 5.74) is 0.0817. The highest BCUT2D eigenvalue weighted by molar-refractivity contribution is 4.89. The molecule has 1 fully saturated rings. The van der Waals surface area contributed by atoms with Gasteiger partial charge in [-0.3, -0.25) is 0 Å². The summed E-state index contributed by atoms with van der Waals surface area (Å²) in [5, 5.41) is 3.52. The van der Waals surface area contributed by atoms with E-state index in [4.69, 9.17) is 9.47 Å². The molecule has 0 atom stereocenters. The first-order valence-electron chi connectivity index (χ1n) is 7.63. The summed E-state index contributed by atoms with van der Waals surface area (Å²) in [6, 6.07) is 0.534. The second kappa shape index (κ2) is 8.89. The summed E-state index contributed by atoms with van der Waals surface area (Å²) in [6.45, 7) is 9.90. The van der Waals surface area contributed by atoms with E-state index in [1.54, 1.807) is 0 Å². The van der Waals surface area contributed by atoms with Gasteiger partial charge < -0.3 is 14.8 Å². The molecule has 108 valence electrons. The van der Waals surface area contributed by atoms with E-state index in [0.717, 1.165) is 32.8 Å². The van der Waals surface area contributed by atoms with Gasteiger partial charge in [0.2, 0.25) is 0 Å². The van der Waals surface area contributed by atoms with Gasteiger partial charge in [-0.1, -0.05) is 40.0 Å². The zero-order chi connectivity index (χ0) is 13.3. The smallest absolute Gasteiger partial charge is 0.0807 e. The van der Waals surface area contributed by atoms with Gasteiger partial charge in [0.15, 0.2) is 0 Å². The second-order valence-corrected chi connectivity index (χ2v) is 5.74. The number of hydrogen-bond acceptors (Lipinski definition) is 3. The quantitative estimate of drug-likeness (QED) is 0.610. The van der Waals surface area contributed by atoms with Gasteiger partial charge in [-0.15, -0.1) is 0 Å². The number of hydrogen-bond donors (Lipinski definition) is 1. The molecule has 18 heavy (non-hydrogen) atoms. The minimum atomic E-state index is 0.0817. The van der Waals surface area contributed by atoms with Crippen molar-refractivity contribution in [3.8, 4) is 0 Å². The predicted octanol–water partition coefficient (Wildman–Crippen LogP) is 3.13. The van der Waals surface area contributed by atoms with Crippen molar-refractivity contribution in [3.05, 3.63) is 0 Å². The van der Waals surface area contributed by atoms with Crippen molar-refractivity contribution < 1.29 is 9.47 Å². The van der Waals surface area contributed by atoms with Crippen LogP contribution in [-0.2, 0) is 9.47 Å².